The molecule has 0 aliphatic carbocycles. The van der Waals surface area contributed by atoms with E-state index >= 15 is 0 Å². The van der Waals surface area contributed by atoms with Crippen molar-refractivity contribution in [2.24, 2.45) is 11.8 Å². The van der Waals surface area contributed by atoms with Crippen LogP contribution in [0, 0.1) is 11.8 Å². The first-order chi connectivity index (χ1) is 15.4. The van der Waals surface area contributed by atoms with Crippen LogP contribution in [0.5, 0.6) is 0 Å². The van der Waals surface area contributed by atoms with Gasteiger partial charge in [0.2, 0.25) is 17.7 Å². The van der Waals surface area contributed by atoms with Crippen LogP contribution in [-0.4, -0.2) is 54.0 Å². The van der Waals surface area contributed by atoms with Crippen LogP contribution in [0.3, 0.4) is 0 Å². The van der Waals surface area contributed by atoms with Crippen molar-refractivity contribution in [1.82, 2.24) is 10.2 Å². The van der Waals surface area contributed by atoms with Crippen LogP contribution >= 0.6 is 11.6 Å². The fourth-order valence-electron chi connectivity index (χ4n) is 5.29. The first-order valence-corrected chi connectivity index (χ1v) is 10.7. The van der Waals surface area contributed by atoms with Gasteiger partial charge in [-0.25, -0.2) is 0 Å². The molecule has 5 atom stereocenters. The molecule has 3 heterocycles. The number of anilines is 1. The fraction of sp³-hybridized carbons (Fsp3) is 0.348. The van der Waals surface area contributed by atoms with Crippen molar-refractivity contribution in [1.29, 1.82) is 0 Å². The average Bonchev–Trinajstić information content (AvgIpc) is 3.38. The van der Waals surface area contributed by atoms with Gasteiger partial charge >= 0.3 is 0 Å². The second-order valence-electron chi connectivity index (χ2n) is 8.30. The van der Waals surface area contributed by atoms with E-state index in [2.05, 4.69) is 10.6 Å². The Labute approximate surface area is 189 Å². The third kappa shape index (κ3) is 2.84. The Hall–Kier alpha value is -2.78. The molecule has 9 heteroatoms. The number of nitrogens with zero attached hydrogens (tertiary/aromatic N) is 1. The molecule has 2 fully saturated rings. The number of aliphatic hydroxyl groups excluding tert-OH is 1. The first-order valence-electron chi connectivity index (χ1n) is 10.4. The number of benzene rings is 2. The molecule has 0 radical (unpaired) electrons. The van der Waals surface area contributed by atoms with Crippen molar-refractivity contribution < 1.29 is 24.2 Å². The second kappa shape index (κ2) is 7.67. The predicted molar refractivity (Wildman–Crippen MR) is 116 cm³/mol. The molecule has 3 amide bonds. The Bertz CT molecular complexity index is 1110. The Balaban J connectivity index is 1.63. The van der Waals surface area contributed by atoms with Gasteiger partial charge in [0.05, 0.1) is 37.1 Å². The highest BCUT2D eigenvalue weighted by atomic mass is 35.5. The molecule has 8 nitrogen and oxygen atoms in total. The third-order valence-electron chi connectivity index (χ3n) is 6.72. The topological polar surface area (TPSA) is 108 Å². The normalized spacial score (nSPS) is 29.4. The number of fused-ring (bicyclic) bond motifs is 4. The summed E-state index contributed by atoms with van der Waals surface area (Å²) < 4.78 is 5.07. The van der Waals surface area contributed by atoms with Crippen LogP contribution in [0.4, 0.5) is 5.69 Å². The van der Waals surface area contributed by atoms with Gasteiger partial charge in [0.25, 0.3) is 0 Å². The van der Waals surface area contributed by atoms with Crippen LogP contribution < -0.4 is 10.6 Å². The van der Waals surface area contributed by atoms with Crippen molar-refractivity contribution in [3.63, 3.8) is 0 Å². The number of hydrogen-bond donors (Lipinski definition) is 3. The Morgan fingerprint density at radius 1 is 1.12 bits per heavy atom. The average molecular weight is 456 g/mol. The highest BCUT2D eigenvalue weighted by Gasteiger charge is 2.71. The summed E-state index contributed by atoms with van der Waals surface area (Å²) in [5.41, 5.74) is 0.264. The Kier molecular flexibility index (Phi) is 5.05. The zero-order valence-electron chi connectivity index (χ0n) is 17.2. The molecule has 0 aromatic heterocycles. The monoisotopic (exact) mass is 455 g/mol. The van der Waals surface area contributed by atoms with Gasteiger partial charge in [-0.3, -0.25) is 24.6 Å². The van der Waals surface area contributed by atoms with Gasteiger partial charge in [-0.1, -0.05) is 41.9 Å². The number of hydrogen-bond acceptors (Lipinski definition) is 6. The highest BCUT2D eigenvalue weighted by Crippen LogP contribution is 2.54. The molecule has 166 valence electrons. The van der Waals surface area contributed by atoms with E-state index in [1.165, 1.54) is 7.11 Å². The van der Waals surface area contributed by atoms with E-state index in [0.29, 0.717) is 21.8 Å². The maximum atomic E-state index is 13.5. The number of rotatable bonds is 5. The van der Waals surface area contributed by atoms with E-state index in [9.17, 15) is 19.5 Å². The quantitative estimate of drug-likeness (QED) is 0.589. The molecular formula is C23H22ClN3O5. The van der Waals surface area contributed by atoms with E-state index in [0.717, 1.165) is 4.90 Å². The Morgan fingerprint density at radius 2 is 1.84 bits per heavy atom. The van der Waals surface area contributed by atoms with Gasteiger partial charge in [0.15, 0.2) is 0 Å². The standard InChI is InChI=1S/C23H22ClN3O5/c1-32-11-10-27-20(29)16-17(21(27)30)23(14-4-2-3-5-15(14)25-22(23)31)26-18(16)19(28)12-6-8-13(24)9-7-12/h2-9,16-19,26,28H,10-11H2,1H3,(H,25,31)/t16-,17+,18+,19+,23+/m0/s1. The number of aliphatic hydroxyl groups is 1. The maximum absolute atomic E-state index is 13.5. The Morgan fingerprint density at radius 3 is 2.56 bits per heavy atom. The molecule has 3 N–H and O–H groups in total. The lowest BCUT2D eigenvalue weighted by atomic mass is 9.76. The summed E-state index contributed by atoms with van der Waals surface area (Å²) in [6, 6.07) is 12.9. The summed E-state index contributed by atoms with van der Waals surface area (Å²) in [5.74, 6) is -3.17. The van der Waals surface area contributed by atoms with Gasteiger partial charge in [-0.15, -0.1) is 0 Å². The SMILES string of the molecule is COCCN1C(=O)[C@@H]2[C@H]([C@H](O)c3ccc(Cl)cc3)N[C@@]3(C(=O)Nc4ccccc43)[C@H]2C1=O. The molecule has 1 spiro atoms. The summed E-state index contributed by atoms with van der Waals surface area (Å²) in [5, 5.41) is 17.8. The number of carbonyl (C=O) groups excluding carboxylic acids is 3. The minimum atomic E-state index is -1.45. The zero-order chi connectivity index (χ0) is 22.6. The third-order valence-corrected chi connectivity index (χ3v) is 6.97. The largest absolute Gasteiger partial charge is 0.387 e. The number of amides is 3. The smallest absolute Gasteiger partial charge is 0.250 e. The van der Waals surface area contributed by atoms with Crippen LogP contribution in [0.2, 0.25) is 5.02 Å². The van der Waals surface area contributed by atoms with Crippen LogP contribution in [0.1, 0.15) is 17.2 Å². The minimum Gasteiger partial charge on any atom is -0.387 e. The lowest BCUT2D eigenvalue weighted by molar-refractivity contribution is -0.143. The predicted octanol–water partition coefficient (Wildman–Crippen LogP) is 1.44. The van der Waals surface area contributed by atoms with Gasteiger partial charge in [0.1, 0.15) is 5.54 Å². The molecule has 2 aromatic carbocycles. The highest BCUT2D eigenvalue weighted by molar-refractivity contribution is 6.30. The van der Waals surface area contributed by atoms with Gasteiger partial charge in [-0.2, -0.15) is 0 Å². The summed E-state index contributed by atoms with van der Waals surface area (Å²) in [7, 11) is 1.49. The lowest BCUT2D eigenvalue weighted by Crippen LogP contribution is -2.54. The molecule has 0 bridgehead atoms. The summed E-state index contributed by atoms with van der Waals surface area (Å²) >= 11 is 5.98. The number of likely N-dealkylation sites (tertiary alicyclic amines) is 1. The van der Waals surface area contributed by atoms with Gasteiger partial charge in [0, 0.05) is 23.4 Å². The molecule has 2 aromatic rings. The van der Waals surface area contributed by atoms with E-state index in [1.807, 2.05) is 0 Å². The zero-order valence-corrected chi connectivity index (χ0v) is 18.0. The molecular weight excluding hydrogens is 434 g/mol. The van der Waals surface area contributed by atoms with Crippen LogP contribution in [0.15, 0.2) is 48.5 Å². The summed E-state index contributed by atoms with van der Waals surface area (Å²) in [4.78, 5) is 41.4. The van der Waals surface area contributed by atoms with Crippen LogP contribution in [-0.2, 0) is 24.7 Å². The summed E-state index contributed by atoms with van der Waals surface area (Å²) in [6.07, 6.45) is -1.14. The van der Waals surface area contributed by atoms with E-state index in [1.54, 1.807) is 48.5 Å². The number of imide groups is 1. The number of para-hydroxylation sites is 1. The number of nitrogens with one attached hydrogen (secondary N) is 2. The summed E-state index contributed by atoms with van der Waals surface area (Å²) in [6.45, 7) is 0.273. The number of methoxy groups -OCH3 is 1. The van der Waals surface area contributed by atoms with Gasteiger partial charge in [-0.05, 0) is 23.8 Å². The molecule has 5 rings (SSSR count). The molecule has 2 saturated heterocycles. The van der Waals surface area contributed by atoms with Crippen molar-refractivity contribution >= 4 is 35.0 Å². The van der Waals surface area contributed by atoms with Crippen LogP contribution in [0.25, 0.3) is 0 Å². The molecule has 32 heavy (non-hydrogen) atoms. The minimum absolute atomic E-state index is 0.0876. The van der Waals surface area contributed by atoms with E-state index in [-0.39, 0.29) is 13.2 Å². The number of ether oxygens (including phenoxy) is 1. The lowest BCUT2D eigenvalue weighted by Gasteiger charge is -2.30. The van der Waals surface area contributed by atoms with Crippen molar-refractivity contribution in [2.75, 3.05) is 25.6 Å². The second-order valence-corrected chi connectivity index (χ2v) is 8.74. The molecule has 0 saturated carbocycles. The van der Waals surface area contributed by atoms with Crippen molar-refractivity contribution in [2.45, 2.75) is 17.7 Å². The fourth-order valence-corrected chi connectivity index (χ4v) is 5.41. The van der Waals surface area contributed by atoms with Gasteiger partial charge < -0.3 is 15.2 Å². The number of carbonyl (C=O) groups is 3. The van der Waals surface area contributed by atoms with Crippen molar-refractivity contribution in [3.05, 3.63) is 64.7 Å². The van der Waals surface area contributed by atoms with Crippen molar-refractivity contribution in [3.8, 4) is 0 Å². The maximum Gasteiger partial charge on any atom is 0.250 e. The van der Waals surface area contributed by atoms with E-state index in [4.69, 9.17) is 16.3 Å². The first kappa shape index (κ1) is 21.1. The molecule has 3 aliphatic heterocycles. The molecule has 0 unspecified atom stereocenters. The van der Waals surface area contributed by atoms with E-state index < -0.39 is 47.2 Å². The molecule has 3 aliphatic rings. The number of halogens is 1.